The van der Waals surface area contributed by atoms with Gasteiger partial charge in [-0.3, -0.25) is 0 Å². The van der Waals surface area contributed by atoms with Crippen molar-refractivity contribution in [3.8, 4) is 0 Å². The maximum absolute atomic E-state index is 9.83. The summed E-state index contributed by atoms with van der Waals surface area (Å²) in [5, 5.41) is 9.83. The molecule has 3 heteroatoms. The first kappa shape index (κ1) is 11.4. The van der Waals surface area contributed by atoms with E-state index in [1.165, 1.54) is 12.8 Å². The highest BCUT2D eigenvalue weighted by atomic mass is 16.5. The van der Waals surface area contributed by atoms with Gasteiger partial charge in [0, 0.05) is 12.3 Å². The fourth-order valence-electron chi connectivity index (χ4n) is 1.67. The molecular weight excluding hydrogens is 202 g/mol. The molecule has 1 saturated carbocycles. The summed E-state index contributed by atoms with van der Waals surface area (Å²) in [7, 11) is 0. The van der Waals surface area contributed by atoms with Crippen LogP contribution in [-0.2, 0) is 4.74 Å². The molecule has 16 heavy (non-hydrogen) atoms. The Morgan fingerprint density at radius 2 is 2.00 bits per heavy atom. The summed E-state index contributed by atoms with van der Waals surface area (Å²) in [6, 6.07) is 7.26. The average molecular weight is 221 g/mol. The van der Waals surface area contributed by atoms with Crippen LogP contribution in [0.1, 0.15) is 30.9 Å². The number of aliphatic hydroxyl groups is 1. The minimum absolute atomic E-state index is 0.372. The number of aliphatic hydroxyl groups excluding tert-OH is 1. The summed E-state index contributed by atoms with van der Waals surface area (Å²) in [5.41, 5.74) is 7.15. The molecule has 0 heterocycles. The first-order chi connectivity index (χ1) is 7.75. The molecule has 1 aromatic rings. The van der Waals surface area contributed by atoms with E-state index in [9.17, 15) is 5.11 Å². The monoisotopic (exact) mass is 221 g/mol. The molecule has 2 rings (SSSR count). The van der Waals surface area contributed by atoms with Gasteiger partial charge in [0.05, 0.1) is 6.61 Å². The van der Waals surface area contributed by atoms with Gasteiger partial charge in [-0.1, -0.05) is 25.0 Å². The Balaban J connectivity index is 1.69. The van der Waals surface area contributed by atoms with E-state index in [4.69, 9.17) is 10.5 Å². The number of ether oxygens (including phenoxy) is 1. The van der Waals surface area contributed by atoms with Gasteiger partial charge in [-0.2, -0.15) is 0 Å². The molecule has 88 valence electrons. The summed E-state index contributed by atoms with van der Waals surface area (Å²) in [6.45, 7) is 1.13. The van der Waals surface area contributed by atoms with Gasteiger partial charge in [0.15, 0.2) is 0 Å². The van der Waals surface area contributed by atoms with Crippen LogP contribution in [0.2, 0.25) is 0 Å². The fourth-order valence-corrected chi connectivity index (χ4v) is 1.67. The highest BCUT2D eigenvalue weighted by molar-refractivity contribution is 5.39. The van der Waals surface area contributed by atoms with Gasteiger partial charge in [-0.05, 0) is 30.0 Å². The van der Waals surface area contributed by atoms with Crippen molar-refractivity contribution < 1.29 is 9.84 Å². The summed E-state index contributed by atoms with van der Waals surface area (Å²) >= 11 is 0. The first-order valence-electron chi connectivity index (χ1n) is 5.87. The molecule has 0 spiro atoms. The van der Waals surface area contributed by atoms with Gasteiger partial charge in [0.2, 0.25) is 0 Å². The third-order valence-corrected chi connectivity index (χ3v) is 2.96. The predicted molar refractivity (Wildman–Crippen MR) is 64.0 cm³/mol. The minimum Gasteiger partial charge on any atom is -0.399 e. The van der Waals surface area contributed by atoms with Gasteiger partial charge in [-0.15, -0.1) is 0 Å². The second kappa shape index (κ2) is 5.32. The zero-order valence-electron chi connectivity index (χ0n) is 9.43. The quantitative estimate of drug-likeness (QED) is 0.571. The molecule has 0 bridgehead atoms. The largest absolute Gasteiger partial charge is 0.399 e. The lowest BCUT2D eigenvalue weighted by Crippen LogP contribution is -2.08. The fraction of sp³-hybridized carbons (Fsp3) is 0.538. The number of hydrogen-bond donors (Lipinski definition) is 2. The molecule has 0 aromatic heterocycles. The molecule has 1 fully saturated rings. The van der Waals surface area contributed by atoms with Crippen molar-refractivity contribution in [3.63, 3.8) is 0 Å². The van der Waals surface area contributed by atoms with E-state index < -0.39 is 6.10 Å². The van der Waals surface area contributed by atoms with Crippen molar-refractivity contribution in [1.82, 2.24) is 0 Å². The van der Waals surface area contributed by atoms with Crippen molar-refractivity contribution in [1.29, 1.82) is 0 Å². The number of anilines is 1. The van der Waals surface area contributed by atoms with Gasteiger partial charge in [-0.25, -0.2) is 0 Å². The van der Waals surface area contributed by atoms with Crippen LogP contribution in [0.25, 0.3) is 0 Å². The second-order valence-electron chi connectivity index (χ2n) is 4.49. The van der Waals surface area contributed by atoms with Crippen molar-refractivity contribution >= 4 is 5.69 Å². The zero-order valence-corrected chi connectivity index (χ0v) is 9.43. The number of rotatable bonds is 6. The molecule has 0 aliphatic heterocycles. The van der Waals surface area contributed by atoms with Crippen LogP contribution in [0.15, 0.2) is 24.3 Å². The molecule has 1 aromatic carbocycles. The van der Waals surface area contributed by atoms with Gasteiger partial charge < -0.3 is 15.6 Å². The second-order valence-corrected chi connectivity index (χ2v) is 4.49. The van der Waals surface area contributed by atoms with E-state index in [2.05, 4.69) is 0 Å². The van der Waals surface area contributed by atoms with E-state index in [1.807, 2.05) is 12.1 Å². The van der Waals surface area contributed by atoms with Crippen LogP contribution >= 0.6 is 0 Å². The van der Waals surface area contributed by atoms with E-state index in [0.29, 0.717) is 12.3 Å². The Hall–Kier alpha value is -1.06. The summed E-state index contributed by atoms with van der Waals surface area (Å²) in [4.78, 5) is 0. The van der Waals surface area contributed by atoms with Crippen molar-refractivity contribution in [2.45, 2.75) is 25.4 Å². The lowest BCUT2D eigenvalue weighted by Gasteiger charge is -2.11. The third kappa shape index (κ3) is 3.51. The molecule has 1 aliphatic carbocycles. The number of hydrogen-bond acceptors (Lipinski definition) is 3. The topological polar surface area (TPSA) is 55.5 Å². The average Bonchev–Trinajstić information content (AvgIpc) is 3.09. The maximum atomic E-state index is 9.83. The van der Waals surface area contributed by atoms with Crippen molar-refractivity contribution in [2.75, 3.05) is 18.9 Å². The normalized spacial score (nSPS) is 17.3. The standard InChI is InChI=1S/C13H19NO2/c14-12-5-3-11(4-6-12)13(15)9-16-8-7-10-1-2-10/h3-6,10,13,15H,1-2,7-9,14H2. The predicted octanol–water partition coefficient (Wildman–Crippen LogP) is 2.12. The highest BCUT2D eigenvalue weighted by Gasteiger charge is 2.20. The third-order valence-electron chi connectivity index (χ3n) is 2.96. The Kier molecular flexibility index (Phi) is 3.80. The van der Waals surface area contributed by atoms with Crippen molar-refractivity contribution in [3.05, 3.63) is 29.8 Å². The SMILES string of the molecule is Nc1ccc(C(O)COCCC2CC2)cc1. The molecule has 1 aliphatic rings. The number of nitrogens with two attached hydrogens (primary N) is 1. The van der Waals surface area contributed by atoms with Crippen LogP contribution in [-0.4, -0.2) is 18.3 Å². The van der Waals surface area contributed by atoms with Crippen LogP contribution in [0, 0.1) is 5.92 Å². The van der Waals surface area contributed by atoms with Gasteiger partial charge >= 0.3 is 0 Å². The minimum atomic E-state index is -0.542. The molecule has 1 unspecified atom stereocenters. The van der Waals surface area contributed by atoms with Crippen molar-refractivity contribution in [2.24, 2.45) is 5.92 Å². The summed E-state index contributed by atoms with van der Waals surface area (Å²) < 4.78 is 5.45. The van der Waals surface area contributed by atoms with Crippen LogP contribution in [0.3, 0.4) is 0 Å². The van der Waals surface area contributed by atoms with Crippen LogP contribution in [0.4, 0.5) is 5.69 Å². The Labute approximate surface area is 96.2 Å². The molecule has 1 atom stereocenters. The lowest BCUT2D eigenvalue weighted by molar-refractivity contribution is 0.0337. The maximum Gasteiger partial charge on any atom is 0.102 e. The van der Waals surface area contributed by atoms with E-state index in [0.717, 1.165) is 24.5 Å². The Morgan fingerprint density at radius 3 is 2.62 bits per heavy atom. The number of nitrogen functional groups attached to an aromatic ring is 1. The van der Waals surface area contributed by atoms with Crippen LogP contribution < -0.4 is 5.73 Å². The molecule has 0 amide bonds. The zero-order chi connectivity index (χ0) is 11.4. The molecular formula is C13H19NO2. The molecule has 3 N–H and O–H groups in total. The molecule has 3 nitrogen and oxygen atoms in total. The van der Waals surface area contributed by atoms with Gasteiger partial charge in [0.1, 0.15) is 6.10 Å². The van der Waals surface area contributed by atoms with E-state index in [-0.39, 0.29) is 0 Å². The van der Waals surface area contributed by atoms with E-state index in [1.54, 1.807) is 12.1 Å². The molecule has 0 saturated heterocycles. The Morgan fingerprint density at radius 1 is 1.31 bits per heavy atom. The smallest absolute Gasteiger partial charge is 0.102 e. The first-order valence-corrected chi connectivity index (χ1v) is 5.87. The lowest BCUT2D eigenvalue weighted by atomic mass is 10.1. The Bertz CT molecular complexity index is 319. The summed E-state index contributed by atoms with van der Waals surface area (Å²) in [5.74, 6) is 0.883. The molecule has 0 radical (unpaired) electrons. The van der Waals surface area contributed by atoms with E-state index >= 15 is 0 Å². The van der Waals surface area contributed by atoms with Crippen LogP contribution in [0.5, 0.6) is 0 Å². The summed E-state index contributed by atoms with van der Waals surface area (Å²) in [6.07, 6.45) is 3.29. The number of benzene rings is 1. The highest BCUT2D eigenvalue weighted by Crippen LogP contribution is 2.32. The van der Waals surface area contributed by atoms with Gasteiger partial charge in [0.25, 0.3) is 0 Å².